The van der Waals surface area contributed by atoms with Crippen molar-refractivity contribution in [3.63, 3.8) is 0 Å². The number of hydrogen-bond acceptors (Lipinski definition) is 1. The molecule has 0 saturated carbocycles. The van der Waals surface area contributed by atoms with Crippen molar-refractivity contribution < 1.29 is 4.79 Å². The highest BCUT2D eigenvalue weighted by Gasteiger charge is 2.29. The molecular formula is C6H8N2O. The van der Waals surface area contributed by atoms with Crippen LogP contribution < -0.4 is 10.6 Å². The van der Waals surface area contributed by atoms with Crippen molar-refractivity contribution >= 4 is 6.03 Å². The van der Waals surface area contributed by atoms with Gasteiger partial charge in [0.15, 0.2) is 0 Å². The standard InChI is InChI=1S/C6H8N2O/c9-6-7-3-4-1-2-5(4)8-6/h1-2,4-5H,3H2,(H2,7,8,9)/t4-,5-/m0/s1. The molecular weight excluding hydrogens is 116 g/mol. The lowest BCUT2D eigenvalue weighted by atomic mass is 9.88. The van der Waals surface area contributed by atoms with Gasteiger partial charge in [-0.1, -0.05) is 12.2 Å². The average molecular weight is 124 g/mol. The van der Waals surface area contributed by atoms with E-state index in [9.17, 15) is 4.79 Å². The lowest BCUT2D eigenvalue weighted by molar-refractivity contribution is 0.223. The number of rotatable bonds is 0. The lowest BCUT2D eigenvalue weighted by Crippen LogP contribution is -2.56. The van der Waals surface area contributed by atoms with Crippen molar-refractivity contribution in [2.24, 2.45) is 5.92 Å². The third-order valence-electron chi connectivity index (χ3n) is 1.82. The Kier molecular flexibility index (Phi) is 0.806. The first-order valence-corrected chi connectivity index (χ1v) is 3.09. The van der Waals surface area contributed by atoms with Crippen LogP contribution in [-0.2, 0) is 0 Å². The summed E-state index contributed by atoms with van der Waals surface area (Å²) in [7, 11) is 0. The van der Waals surface area contributed by atoms with Crippen molar-refractivity contribution in [3.8, 4) is 0 Å². The van der Waals surface area contributed by atoms with Crippen LogP contribution in [0.5, 0.6) is 0 Å². The Morgan fingerprint density at radius 2 is 2.44 bits per heavy atom. The van der Waals surface area contributed by atoms with Crippen LogP contribution in [0.1, 0.15) is 0 Å². The molecule has 0 aromatic heterocycles. The molecule has 0 bridgehead atoms. The van der Waals surface area contributed by atoms with Gasteiger partial charge in [-0.25, -0.2) is 4.79 Å². The zero-order chi connectivity index (χ0) is 6.27. The number of hydrogen-bond donors (Lipinski definition) is 2. The fourth-order valence-corrected chi connectivity index (χ4v) is 1.14. The van der Waals surface area contributed by atoms with Crippen molar-refractivity contribution in [1.29, 1.82) is 0 Å². The molecule has 2 amide bonds. The first kappa shape index (κ1) is 4.85. The average Bonchev–Trinajstić information content (AvgIpc) is 1.78. The second-order valence-corrected chi connectivity index (χ2v) is 2.43. The van der Waals surface area contributed by atoms with Crippen LogP contribution >= 0.6 is 0 Å². The van der Waals surface area contributed by atoms with Crippen LogP contribution in [0.15, 0.2) is 12.2 Å². The second-order valence-electron chi connectivity index (χ2n) is 2.43. The molecule has 2 aliphatic rings. The van der Waals surface area contributed by atoms with Gasteiger partial charge in [0.25, 0.3) is 0 Å². The lowest BCUT2D eigenvalue weighted by Gasteiger charge is -2.34. The summed E-state index contributed by atoms with van der Waals surface area (Å²) in [6.45, 7) is 0.799. The maximum absolute atomic E-state index is 10.6. The summed E-state index contributed by atoms with van der Waals surface area (Å²) < 4.78 is 0. The number of urea groups is 1. The Balaban J connectivity index is 2.09. The minimum absolute atomic E-state index is 0.0411. The maximum atomic E-state index is 10.6. The molecule has 1 fully saturated rings. The van der Waals surface area contributed by atoms with Gasteiger partial charge in [0.05, 0.1) is 6.04 Å². The van der Waals surface area contributed by atoms with Gasteiger partial charge in [0.1, 0.15) is 0 Å². The predicted molar refractivity (Wildman–Crippen MR) is 33.0 cm³/mol. The third kappa shape index (κ3) is 0.608. The molecule has 2 atom stereocenters. The van der Waals surface area contributed by atoms with Crippen LogP contribution in [-0.4, -0.2) is 18.6 Å². The highest BCUT2D eigenvalue weighted by molar-refractivity contribution is 5.76. The van der Waals surface area contributed by atoms with Crippen molar-refractivity contribution in [2.45, 2.75) is 6.04 Å². The van der Waals surface area contributed by atoms with Crippen molar-refractivity contribution in [2.75, 3.05) is 6.54 Å². The molecule has 1 heterocycles. The molecule has 48 valence electrons. The summed E-state index contributed by atoms with van der Waals surface area (Å²) in [5.74, 6) is 0.544. The van der Waals surface area contributed by atoms with E-state index in [4.69, 9.17) is 0 Å². The third-order valence-corrected chi connectivity index (χ3v) is 1.82. The maximum Gasteiger partial charge on any atom is 0.315 e. The molecule has 1 aliphatic carbocycles. The molecule has 3 nitrogen and oxygen atoms in total. The van der Waals surface area contributed by atoms with Crippen LogP contribution in [0.2, 0.25) is 0 Å². The molecule has 0 unspecified atom stereocenters. The van der Waals surface area contributed by atoms with E-state index in [0.717, 1.165) is 6.54 Å². The normalized spacial score (nSPS) is 38.0. The molecule has 2 N–H and O–H groups in total. The minimum Gasteiger partial charge on any atom is -0.337 e. The number of carbonyl (C=O) groups excluding carboxylic acids is 1. The summed E-state index contributed by atoms with van der Waals surface area (Å²) in [5, 5.41) is 5.49. The van der Waals surface area contributed by atoms with E-state index < -0.39 is 0 Å². The summed E-state index contributed by atoms with van der Waals surface area (Å²) in [4.78, 5) is 10.6. The molecule has 2 rings (SSSR count). The van der Waals surface area contributed by atoms with E-state index in [2.05, 4.69) is 16.7 Å². The Hall–Kier alpha value is -0.990. The highest BCUT2D eigenvalue weighted by Crippen LogP contribution is 2.18. The summed E-state index contributed by atoms with van der Waals surface area (Å²) in [5.41, 5.74) is 0. The van der Waals surface area contributed by atoms with Gasteiger partial charge in [0, 0.05) is 12.5 Å². The Morgan fingerprint density at radius 1 is 1.56 bits per heavy atom. The van der Waals surface area contributed by atoms with Gasteiger partial charge in [-0.15, -0.1) is 0 Å². The van der Waals surface area contributed by atoms with E-state index in [0.29, 0.717) is 12.0 Å². The van der Waals surface area contributed by atoms with Crippen LogP contribution in [0.25, 0.3) is 0 Å². The van der Waals surface area contributed by atoms with Crippen LogP contribution in [0.3, 0.4) is 0 Å². The van der Waals surface area contributed by atoms with Gasteiger partial charge in [0.2, 0.25) is 0 Å². The zero-order valence-electron chi connectivity index (χ0n) is 4.92. The molecule has 1 saturated heterocycles. The molecule has 0 aromatic rings. The van der Waals surface area contributed by atoms with Crippen LogP contribution in [0.4, 0.5) is 4.79 Å². The molecule has 0 aromatic carbocycles. The SMILES string of the molecule is O=C1NC[C@@H]2C=C[C@@H]2N1. The fraction of sp³-hybridized carbons (Fsp3) is 0.500. The monoisotopic (exact) mass is 124 g/mol. The number of amides is 2. The van der Waals surface area contributed by atoms with E-state index >= 15 is 0 Å². The molecule has 9 heavy (non-hydrogen) atoms. The van der Waals surface area contributed by atoms with Crippen molar-refractivity contribution in [1.82, 2.24) is 10.6 Å². The first-order chi connectivity index (χ1) is 4.36. The van der Waals surface area contributed by atoms with Gasteiger partial charge in [-0.2, -0.15) is 0 Å². The quantitative estimate of drug-likeness (QED) is 0.433. The topological polar surface area (TPSA) is 41.1 Å². The van der Waals surface area contributed by atoms with E-state index in [1.807, 2.05) is 6.08 Å². The van der Waals surface area contributed by atoms with Gasteiger partial charge in [-0.05, 0) is 0 Å². The van der Waals surface area contributed by atoms with E-state index in [1.165, 1.54) is 0 Å². The van der Waals surface area contributed by atoms with E-state index in [1.54, 1.807) is 0 Å². The first-order valence-electron chi connectivity index (χ1n) is 3.09. The Morgan fingerprint density at radius 3 is 2.89 bits per heavy atom. The highest BCUT2D eigenvalue weighted by atomic mass is 16.2. The summed E-state index contributed by atoms with van der Waals surface area (Å²) >= 11 is 0. The predicted octanol–water partition coefficient (Wildman–Crippen LogP) is -0.146. The Bertz CT molecular complexity index is 176. The van der Waals surface area contributed by atoms with Gasteiger partial charge < -0.3 is 10.6 Å². The molecule has 0 spiro atoms. The largest absolute Gasteiger partial charge is 0.337 e. The molecule has 3 heteroatoms. The smallest absolute Gasteiger partial charge is 0.315 e. The summed E-state index contributed by atoms with van der Waals surface area (Å²) in [6, 6.07) is 0.277. The van der Waals surface area contributed by atoms with Crippen LogP contribution in [0, 0.1) is 5.92 Å². The zero-order valence-corrected chi connectivity index (χ0v) is 4.92. The molecule has 1 aliphatic heterocycles. The summed E-state index contributed by atoms with van der Waals surface area (Å²) in [6.07, 6.45) is 4.13. The number of nitrogens with one attached hydrogen (secondary N) is 2. The van der Waals surface area contributed by atoms with Gasteiger partial charge in [-0.3, -0.25) is 0 Å². The minimum atomic E-state index is -0.0411. The molecule has 0 radical (unpaired) electrons. The van der Waals surface area contributed by atoms with Crippen molar-refractivity contribution in [3.05, 3.63) is 12.2 Å². The van der Waals surface area contributed by atoms with E-state index in [-0.39, 0.29) is 6.03 Å². The second kappa shape index (κ2) is 1.50. The Labute approximate surface area is 53.1 Å². The fourth-order valence-electron chi connectivity index (χ4n) is 1.14. The number of carbonyl (C=O) groups is 1. The number of fused-ring (bicyclic) bond motifs is 1. The van der Waals surface area contributed by atoms with Gasteiger partial charge >= 0.3 is 6.03 Å².